The Morgan fingerprint density at radius 2 is 2.00 bits per heavy atom. The first-order chi connectivity index (χ1) is 12.7. The quantitative estimate of drug-likeness (QED) is 0.644. The summed E-state index contributed by atoms with van der Waals surface area (Å²) in [4.78, 5) is 19.1. The van der Waals surface area contributed by atoms with Gasteiger partial charge in [0.1, 0.15) is 5.75 Å². The van der Waals surface area contributed by atoms with Gasteiger partial charge in [0.15, 0.2) is 6.61 Å². The Balaban J connectivity index is 1.51. The zero-order valence-corrected chi connectivity index (χ0v) is 18.1. The number of aromatic nitrogens is 1. The lowest BCUT2D eigenvalue weighted by Gasteiger charge is -2.31. The number of hydrogen-bond donors (Lipinski definition) is 0. The molecule has 7 heteroatoms. The first-order valence-corrected chi connectivity index (χ1v) is 10.7. The molecule has 0 spiro atoms. The third kappa shape index (κ3) is 5.15. The first kappa shape index (κ1) is 20.4. The third-order valence-electron chi connectivity index (χ3n) is 4.73. The van der Waals surface area contributed by atoms with Gasteiger partial charge in [-0.3, -0.25) is 4.79 Å². The van der Waals surface area contributed by atoms with Crippen LogP contribution >= 0.6 is 34.5 Å². The van der Waals surface area contributed by atoms with E-state index >= 15 is 0 Å². The molecular weight excluding hydrogens is 403 g/mol. The summed E-state index contributed by atoms with van der Waals surface area (Å²) >= 11 is 13.7. The van der Waals surface area contributed by atoms with Crippen molar-refractivity contribution in [1.29, 1.82) is 0 Å². The van der Waals surface area contributed by atoms with Gasteiger partial charge >= 0.3 is 0 Å². The van der Waals surface area contributed by atoms with Gasteiger partial charge in [-0.15, -0.1) is 11.3 Å². The fourth-order valence-corrected chi connectivity index (χ4v) is 4.70. The van der Waals surface area contributed by atoms with Crippen molar-refractivity contribution < 1.29 is 9.53 Å². The molecule has 0 aliphatic carbocycles. The summed E-state index contributed by atoms with van der Waals surface area (Å²) in [6.07, 6.45) is 1.87. The van der Waals surface area contributed by atoms with E-state index in [2.05, 4.69) is 26.2 Å². The molecule has 27 heavy (non-hydrogen) atoms. The lowest BCUT2D eigenvalue weighted by Crippen LogP contribution is -2.40. The largest absolute Gasteiger partial charge is 0.482 e. The Morgan fingerprint density at radius 3 is 2.59 bits per heavy atom. The van der Waals surface area contributed by atoms with Gasteiger partial charge in [0.25, 0.3) is 5.91 Å². The molecule has 0 bridgehead atoms. The molecular formula is C20H24Cl2N2O2S. The van der Waals surface area contributed by atoms with Crippen molar-refractivity contribution in [3.05, 3.63) is 44.3 Å². The Labute approximate surface area is 174 Å². The highest BCUT2D eigenvalue weighted by molar-refractivity contribution is 7.09. The molecule has 2 heterocycles. The molecule has 1 aliphatic heterocycles. The summed E-state index contributed by atoms with van der Waals surface area (Å²) in [5.41, 5.74) is 1.22. The van der Waals surface area contributed by atoms with Gasteiger partial charge in [-0.2, -0.15) is 0 Å². The summed E-state index contributed by atoms with van der Waals surface area (Å²) in [7, 11) is 0. The number of halogens is 2. The molecule has 0 unspecified atom stereocenters. The number of amides is 1. The molecule has 146 valence electrons. The minimum absolute atomic E-state index is 0.0164. The van der Waals surface area contributed by atoms with Crippen molar-refractivity contribution in [1.82, 2.24) is 9.88 Å². The highest BCUT2D eigenvalue weighted by atomic mass is 35.5. The number of rotatable bonds is 4. The standard InChI is InChI=1S/C20H24Cl2N2O2S/c1-20(2,3)17-12-27-19(23-17)13-6-8-24(9-7-13)18(25)11-26-16-5-4-14(21)10-15(16)22/h4-5,10,12-13H,6-9,11H2,1-3H3. The monoisotopic (exact) mass is 426 g/mol. The minimum Gasteiger partial charge on any atom is -0.482 e. The summed E-state index contributed by atoms with van der Waals surface area (Å²) in [5.74, 6) is 0.887. The van der Waals surface area contributed by atoms with Gasteiger partial charge in [-0.25, -0.2) is 4.98 Å². The van der Waals surface area contributed by atoms with Crippen LogP contribution < -0.4 is 4.74 Å². The second-order valence-electron chi connectivity index (χ2n) is 7.84. The van der Waals surface area contributed by atoms with E-state index in [-0.39, 0.29) is 17.9 Å². The summed E-state index contributed by atoms with van der Waals surface area (Å²) in [6, 6.07) is 4.98. The number of ether oxygens (including phenoxy) is 1. The van der Waals surface area contributed by atoms with Crippen molar-refractivity contribution in [2.45, 2.75) is 44.9 Å². The van der Waals surface area contributed by atoms with Crippen molar-refractivity contribution >= 4 is 40.4 Å². The molecule has 0 saturated carbocycles. The molecule has 1 saturated heterocycles. The van der Waals surface area contributed by atoms with E-state index in [4.69, 9.17) is 32.9 Å². The third-order valence-corrected chi connectivity index (χ3v) is 6.27. The van der Waals surface area contributed by atoms with E-state index in [1.165, 1.54) is 5.01 Å². The number of thiazole rings is 1. The predicted molar refractivity (Wildman–Crippen MR) is 111 cm³/mol. The van der Waals surface area contributed by atoms with Crippen LogP contribution in [0.4, 0.5) is 0 Å². The van der Waals surface area contributed by atoms with Crippen molar-refractivity contribution in [3.8, 4) is 5.75 Å². The van der Waals surface area contributed by atoms with Crippen LogP contribution in [0.15, 0.2) is 23.6 Å². The number of benzene rings is 1. The highest BCUT2D eigenvalue weighted by Gasteiger charge is 2.27. The summed E-state index contributed by atoms with van der Waals surface area (Å²) < 4.78 is 5.57. The molecule has 4 nitrogen and oxygen atoms in total. The number of hydrogen-bond acceptors (Lipinski definition) is 4. The Bertz CT molecular complexity index is 809. The molecule has 0 N–H and O–H groups in total. The molecule has 1 aromatic carbocycles. The number of likely N-dealkylation sites (tertiary alicyclic amines) is 1. The maximum Gasteiger partial charge on any atom is 0.260 e. The van der Waals surface area contributed by atoms with Crippen LogP contribution in [0.3, 0.4) is 0 Å². The van der Waals surface area contributed by atoms with Gasteiger partial charge < -0.3 is 9.64 Å². The van der Waals surface area contributed by atoms with E-state index in [1.807, 2.05) is 4.90 Å². The Morgan fingerprint density at radius 1 is 1.30 bits per heavy atom. The normalized spacial score (nSPS) is 15.8. The first-order valence-electron chi connectivity index (χ1n) is 9.05. The number of carbonyl (C=O) groups excluding carboxylic acids is 1. The average Bonchev–Trinajstić information content (AvgIpc) is 3.11. The molecule has 0 radical (unpaired) electrons. The van der Waals surface area contributed by atoms with Crippen molar-refractivity contribution in [3.63, 3.8) is 0 Å². The van der Waals surface area contributed by atoms with Gasteiger partial charge in [0.2, 0.25) is 0 Å². The smallest absolute Gasteiger partial charge is 0.260 e. The molecule has 1 fully saturated rings. The molecule has 0 atom stereocenters. The Kier molecular flexibility index (Phi) is 6.34. The van der Waals surface area contributed by atoms with E-state index in [0.29, 0.717) is 21.7 Å². The topological polar surface area (TPSA) is 42.4 Å². The highest BCUT2D eigenvalue weighted by Crippen LogP contribution is 2.33. The molecule has 2 aromatic rings. The van der Waals surface area contributed by atoms with E-state index in [1.54, 1.807) is 29.5 Å². The van der Waals surface area contributed by atoms with Gasteiger partial charge in [-0.05, 0) is 31.0 Å². The summed E-state index contributed by atoms with van der Waals surface area (Å²) in [5, 5.41) is 4.30. The van der Waals surface area contributed by atoms with E-state index < -0.39 is 0 Å². The lowest BCUT2D eigenvalue weighted by molar-refractivity contribution is -0.134. The molecule has 1 amide bonds. The molecule has 3 rings (SSSR count). The van der Waals surface area contributed by atoms with Crippen molar-refractivity contribution in [2.75, 3.05) is 19.7 Å². The number of piperidine rings is 1. The molecule has 1 aromatic heterocycles. The zero-order chi connectivity index (χ0) is 19.6. The minimum atomic E-state index is -0.0195. The second-order valence-corrected chi connectivity index (χ2v) is 9.57. The lowest BCUT2D eigenvalue weighted by atomic mass is 9.93. The van der Waals surface area contributed by atoms with Gasteiger partial charge in [0, 0.05) is 34.8 Å². The zero-order valence-electron chi connectivity index (χ0n) is 15.8. The van der Waals surface area contributed by atoms with Crippen LogP contribution in [0.5, 0.6) is 5.75 Å². The van der Waals surface area contributed by atoms with E-state index in [9.17, 15) is 4.79 Å². The van der Waals surface area contributed by atoms with Crippen LogP contribution in [0.25, 0.3) is 0 Å². The van der Waals surface area contributed by atoms with Crippen LogP contribution in [-0.4, -0.2) is 35.5 Å². The van der Waals surface area contributed by atoms with Crippen LogP contribution in [-0.2, 0) is 10.2 Å². The number of nitrogens with zero attached hydrogens (tertiary/aromatic N) is 2. The van der Waals surface area contributed by atoms with Crippen LogP contribution in [0.1, 0.15) is 50.2 Å². The maximum atomic E-state index is 12.4. The van der Waals surface area contributed by atoms with E-state index in [0.717, 1.165) is 31.6 Å². The fourth-order valence-electron chi connectivity index (χ4n) is 3.02. The summed E-state index contributed by atoms with van der Waals surface area (Å²) in [6.45, 7) is 7.98. The maximum absolute atomic E-state index is 12.4. The Hall–Kier alpha value is -1.30. The van der Waals surface area contributed by atoms with Crippen molar-refractivity contribution in [2.24, 2.45) is 0 Å². The fraction of sp³-hybridized carbons (Fsp3) is 0.500. The van der Waals surface area contributed by atoms with Crippen LogP contribution in [0, 0.1) is 0 Å². The predicted octanol–water partition coefficient (Wildman–Crippen LogP) is 5.53. The van der Waals surface area contributed by atoms with Gasteiger partial charge in [-0.1, -0.05) is 44.0 Å². The SMILES string of the molecule is CC(C)(C)c1csc(C2CCN(C(=O)COc3ccc(Cl)cc3Cl)CC2)n1. The average molecular weight is 427 g/mol. The van der Waals surface area contributed by atoms with Gasteiger partial charge in [0.05, 0.1) is 15.7 Å². The number of carbonyl (C=O) groups is 1. The molecule has 1 aliphatic rings. The van der Waals surface area contributed by atoms with Crippen LogP contribution in [0.2, 0.25) is 10.0 Å². The second kappa shape index (κ2) is 8.38.